The third-order valence-electron chi connectivity index (χ3n) is 2.94. The first kappa shape index (κ1) is 21.6. The molecule has 0 spiro atoms. The molecule has 0 aromatic carbocycles. The zero-order valence-corrected chi connectivity index (χ0v) is 14.7. The second kappa shape index (κ2) is 8.78. The van der Waals surface area contributed by atoms with Gasteiger partial charge in [-0.3, -0.25) is 15.1 Å². The minimum atomic E-state index is -1.79. The lowest BCUT2D eigenvalue weighted by molar-refractivity contribution is -0.386. The first-order valence-electron chi connectivity index (χ1n) is 7.61. The van der Waals surface area contributed by atoms with Crippen molar-refractivity contribution in [1.82, 2.24) is 10.3 Å². The Morgan fingerprint density at radius 2 is 1.93 bits per heavy atom. The molecule has 0 fully saturated rings. The number of carboxylic acids is 2. The maximum absolute atomic E-state index is 11.7. The lowest BCUT2D eigenvalue weighted by Crippen LogP contribution is -2.47. The Morgan fingerprint density at radius 3 is 2.41 bits per heavy atom. The second-order valence-electron chi connectivity index (χ2n) is 6.32. The van der Waals surface area contributed by atoms with Crippen molar-refractivity contribution in [1.29, 1.82) is 0 Å². The first-order valence-corrected chi connectivity index (χ1v) is 7.61. The predicted octanol–water partition coefficient (Wildman–Crippen LogP) is 1.19. The molecule has 27 heavy (non-hydrogen) atoms. The van der Waals surface area contributed by atoms with Crippen LogP contribution >= 0.6 is 0 Å². The van der Waals surface area contributed by atoms with Crippen LogP contribution in [0, 0.1) is 10.1 Å². The maximum Gasteiger partial charge on any atom is 0.408 e. The molecule has 148 valence electrons. The van der Waals surface area contributed by atoms with Crippen LogP contribution in [-0.4, -0.2) is 55.9 Å². The number of rotatable bonds is 8. The monoisotopic (exact) mass is 385 g/mol. The SMILES string of the molecule is CC(C)(C)OC(=O)N[C@@H](C[C@@H](Oc1ccncc1[N+](=O)[O-])C(=O)O)C(=O)O. The molecule has 1 aromatic heterocycles. The number of nitrogens with zero attached hydrogens (tertiary/aromatic N) is 2. The topological polar surface area (TPSA) is 178 Å². The van der Waals surface area contributed by atoms with Crippen molar-refractivity contribution < 1.29 is 39.0 Å². The summed E-state index contributed by atoms with van der Waals surface area (Å²) in [5.41, 5.74) is -1.48. The van der Waals surface area contributed by atoms with Gasteiger partial charge >= 0.3 is 23.7 Å². The van der Waals surface area contributed by atoms with Gasteiger partial charge in [0.2, 0.25) is 5.75 Å². The molecule has 3 N–H and O–H groups in total. The molecule has 12 heteroatoms. The van der Waals surface area contributed by atoms with Crippen LogP contribution in [0.4, 0.5) is 10.5 Å². The highest BCUT2D eigenvalue weighted by atomic mass is 16.6. The van der Waals surface area contributed by atoms with Gasteiger partial charge in [0.05, 0.1) is 4.92 Å². The lowest BCUT2D eigenvalue weighted by Gasteiger charge is -2.23. The molecular formula is C15H19N3O9. The summed E-state index contributed by atoms with van der Waals surface area (Å²) in [6, 6.07) is -0.590. The molecule has 0 aliphatic carbocycles. The van der Waals surface area contributed by atoms with Crippen molar-refractivity contribution in [3.8, 4) is 5.75 Å². The van der Waals surface area contributed by atoms with E-state index >= 15 is 0 Å². The first-order chi connectivity index (χ1) is 12.4. The van der Waals surface area contributed by atoms with E-state index in [9.17, 15) is 34.7 Å². The van der Waals surface area contributed by atoms with Crippen LogP contribution in [0.25, 0.3) is 0 Å². The fourth-order valence-corrected chi connectivity index (χ4v) is 1.85. The molecule has 0 radical (unpaired) electrons. The van der Waals surface area contributed by atoms with Crippen molar-refractivity contribution >= 4 is 23.7 Å². The van der Waals surface area contributed by atoms with E-state index in [1.807, 2.05) is 5.32 Å². The smallest absolute Gasteiger partial charge is 0.408 e. The Kier molecular flexibility index (Phi) is 7.02. The molecule has 2 atom stereocenters. The highest BCUT2D eigenvalue weighted by Gasteiger charge is 2.32. The Labute approximate surface area is 153 Å². The third kappa shape index (κ3) is 7.13. The van der Waals surface area contributed by atoms with Crippen LogP contribution in [0.2, 0.25) is 0 Å². The number of amides is 1. The number of carbonyl (C=O) groups is 3. The average molecular weight is 385 g/mol. The summed E-state index contributed by atoms with van der Waals surface area (Å²) in [6.07, 6.45) is -1.55. The summed E-state index contributed by atoms with van der Waals surface area (Å²) >= 11 is 0. The summed E-state index contributed by atoms with van der Waals surface area (Å²) < 4.78 is 10.0. The minimum Gasteiger partial charge on any atom is -0.480 e. The van der Waals surface area contributed by atoms with Gasteiger partial charge in [-0.25, -0.2) is 14.4 Å². The number of alkyl carbamates (subject to hydrolysis) is 1. The highest BCUT2D eigenvalue weighted by Crippen LogP contribution is 2.26. The molecule has 0 unspecified atom stereocenters. The Bertz CT molecular complexity index is 729. The molecule has 0 bridgehead atoms. The number of aromatic nitrogens is 1. The van der Waals surface area contributed by atoms with Crippen LogP contribution in [0.1, 0.15) is 27.2 Å². The number of carboxylic acid groups (broad SMARTS) is 2. The number of nitro groups is 1. The molecule has 1 amide bonds. The van der Waals surface area contributed by atoms with Gasteiger partial charge < -0.3 is 25.0 Å². The van der Waals surface area contributed by atoms with Gasteiger partial charge in [-0.05, 0) is 20.8 Å². The van der Waals surface area contributed by atoms with Crippen molar-refractivity contribution in [2.24, 2.45) is 0 Å². The van der Waals surface area contributed by atoms with E-state index in [0.717, 1.165) is 18.5 Å². The molecule has 12 nitrogen and oxygen atoms in total. The molecule has 1 heterocycles. The molecule has 1 rings (SSSR count). The van der Waals surface area contributed by atoms with Gasteiger partial charge in [-0.1, -0.05) is 0 Å². The molecule has 0 aliphatic rings. The van der Waals surface area contributed by atoms with Crippen molar-refractivity contribution in [3.63, 3.8) is 0 Å². The number of aliphatic carboxylic acids is 2. The van der Waals surface area contributed by atoms with Gasteiger partial charge in [-0.2, -0.15) is 0 Å². The standard InChI is InChI=1S/C15H19N3O9/c1-15(2,3)27-14(23)17-8(12(19)20)6-11(13(21)22)26-10-4-5-16-7-9(10)18(24)25/h4-5,7-8,11H,6H2,1-3H3,(H,17,23)(H,19,20)(H,21,22)/t8-,11+/m0/s1. The fourth-order valence-electron chi connectivity index (χ4n) is 1.85. The summed E-state index contributed by atoms with van der Waals surface area (Å²) in [6.45, 7) is 4.69. The lowest BCUT2D eigenvalue weighted by atomic mass is 10.1. The number of nitrogens with one attached hydrogen (secondary N) is 1. The highest BCUT2D eigenvalue weighted by molar-refractivity contribution is 5.81. The predicted molar refractivity (Wildman–Crippen MR) is 88.4 cm³/mol. The van der Waals surface area contributed by atoms with Crippen LogP contribution < -0.4 is 10.1 Å². The van der Waals surface area contributed by atoms with Crippen molar-refractivity contribution in [3.05, 3.63) is 28.6 Å². The van der Waals surface area contributed by atoms with Crippen LogP contribution in [-0.2, 0) is 14.3 Å². The fraction of sp³-hybridized carbons (Fsp3) is 0.467. The van der Waals surface area contributed by atoms with Crippen LogP contribution in [0.3, 0.4) is 0 Å². The Balaban J connectivity index is 2.96. The zero-order chi connectivity index (χ0) is 20.8. The van der Waals surface area contributed by atoms with Gasteiger partial charge in [0.25, 0.3) is 0 Å². The van der Waals surface area contributed by atoms with Gasteiger partial charge in [-0.15, -0.1) is 0 Å². The Hall–Kier alpha value is -3.44. The maximum atomic E-state index is 11.7. The molecule has 0 saturated heterocycles. The van der Waals surface area contributed by atoms with Crippen LogP contribution in [0.15, 0.2) is 18.5 Å². The average Bonchev–Trinajstić information content (AvgIpc) is 2.51. The van der Waals surface area contributed by atoms with E-state index in [0.29, 0.717) is 0 Å². The summed E-state index contributed by atoms with van der Waals surface area (Å²) in [5, 5.41) is 31.5. The number of carbonyl (C=O) groups excluding carboxylic acids is 1. The Morgan fingerprint density at radius 1 is 1.30 bits per heavy atom. The largest absolute Gasteiger partial charge is 0.480 e. The van der Waals surface area contributed by atoms with Crippen LogP contribution in [0.5, 0.6) is 5.75 Å². The number of ether oxygens (including phenoxy) is 2. The van der Waals surface area contributed by atoms with E-state index in [1.54, 1.807) is 20.8 Å². The molecular weight excluding hydrogens is 366 g/mol. The van der Waals surface area contributed by atoms with Gasteiger partial charge in [0, 0.05) is 18.7 Å². The van der Waals surface area contributed by atoms with E-state index in [-0.39, 0.29) is 0 Å². The summed E-state index contributed by atoms with van der Waals surface area (Å²) in [7, 11) is 0. The quantitative estimate of drug-likeness (QED) is 0.434. The summed E-state index contributed by atoms with van der Waals surface area (Å²) in [4.78, 5) is 48.2. The van der Waals surface area contributed by atoms with Gasteiger partial charge in [0.1, 0.15) is 17.8 Å². The normalized spacial score (nSPS) is 13.1. The number of hydrogen-bond acceptors (Lipinski definition) is 8. The van der Waals surface area contributed by atoms with Crippen molar-refractivity contribution in [2.45, 2.75) is 44.9 Å². The minimum absolute atomic E-state index is 0.399. The van der Waals surface area contributed by atoms with E-state index in [1.165, 1.54) is 0 Å². The van der Waals surface area contributed by atoms with Gasteiger partial charge in [0.15, 0.2) is 6.10 Å². The van der Waals surface area contributed by atoms with E-state index in [4.69, 9.17) is 9.47 Å². The third-order valence-corrected chi connectivity index (χ3v) is 2.94. The number of pyridine rings is 1. The summed E-state index contributed by atoms with van der Waals surface area (Å²) in [5.74, 6) is -3.50. The van der Waals surface area contributed by atoms with E-state index in [2.05, 4.69) is 4.98 Å². The molecule has 1 aromatic rings. The molecule has 0 saturated carbocycles. The zero-order valence-electron chi connectivity index (χ0n) is 14.7. The second-order valence-corrected chi connectivity index (χ2v) is 6.32. The van der Waals surface area contributed by atoms with E-state index < -0.39 is 58.6 Å². The van der Waals surface area contributed by atoms with Crippen molar-refractivity contribution in [2.75, 3.05) is 0 Å². The number of hydrogen-bond donors (Lipinski definition) is 3. The molecule has 0 aliphatic heterocycles.